The molecule has 1 saturated heterocycles. The first-order chi connectivity index (χ1) is 10.6. The van der Waals surface area contributed by atoms with Crippen LogP contribution < -0.4 is 5.32 Å². The molecule has 2 nitrogen and oxygen atoms in total. The monoisotopic (exact) mass is 340 g/mol. The molecule has 1 aromatic carbocycles. The van der Waals surface area contributed by atoms with Gasteiger partial charge in [-0.3, -0.25) is 4.90 Å². The molecule has 0 radical (unpaired) electrons. The van der Waals surface area contributed by atoms with E-state index < -0.39 is 23.5 Å². The fourth-order valence-electron chi connectivity index (χ4n) is 2.88. The van der Waals surface area contributed by atoms with Crippen LogP contribution in [0.3, 0.4) is 0 Å². The van der Waals surface area contributed by atoms with Crippen LogP contribution in [0.2, 0.25) is 0 Å². The van der Waals surface area contributed by atoms with Gasteiger partial charge in [0.1, 0.15) is 0 Å². The lowest BCUT2D eigenvalue weighted by molar-refractivity contribution is -0.143. The van der Waals surface area contributed by atoms with Crippen LogP contribution in [0.5, 0.6) is 0 Å². The molecule has 0 amide bonds. The maximum atomic E-state index is 12.8. The standard InChI is InChI=1S/C15H18F6N2/c1-22-7-10-2-3-23(8-10)9-11-4-12(14(16,17)18)6-13(5-11)15(19,20)21/h4-6,10,22H,2-3,7-9H2,1H3. The van der Waals surface area contributed by atoms with Gasteiger partial charge in [-0.05, 0) is 56.2 Å². The minimum atomic E-state index is -4.80. The summed E-state index contributed by atoms with van der Waals surface area (Å²) in [7, 11) is 1.81. The summed E-state index contributed by atoms with van der Waals surface area (Å²) in [6.07, 6.45) is -8.71. The van der Waals surface area contributed by atoms with Gasteiger partial charge in [0.05, 0.1) is 11.1 Å². The molecule has 1 unspecified atom stereocenters. The van der Waals surface area contributed by atoms with E-state index in [0.29, 0.717) is 19.0 Å². The number of hydrogen-bond donors (Lipinski definition) is 1. The Bertz CT molecular complexity index is 505. The Hall–Kier alpha value is -1.28. The summed E-state index contributed by atoms with van der Waals surface area (Å²) in [5.41, 5.74) is -2.47. The largest absolute Gasteiger partial charge is 0.416 e. The van der Waals surface area contributed by atoms with E-state index in [-0.39, 0.29) is 18.2 Å². The molecule has 1 fully saturated rings. The second-order valence-electron chi connectivity index (χ2n) is 5.86. The van der Waals surface area contributed by atoms with Gasteiger partial charge in [-0.1, -0.05) is 0 Å². The Kier molecular flexibility index (Phi) is 5.25. The maximum absolute atomic E-state index is 12.8. The van der Waals surface area contributed by atoms with Crippen molar-refractivity contribution in [3.8, 4) is 0 Å². The van der Waals surface area contributed by atoms with Gasteiger partial charge in [0.15, 0.2) is 0 Å². The molecule has 23 heavy (non-hydrogen) atoms. The molecule has 0 spiro atoms. The summed E-state index contributed by atoms with van der Waals surface area (Å²) < 4.78 is 76.9. The van der Waals surface area contributed by atoms with Gasteiger partial charge in [-0.15, -0.1) is 0 Å². The average Bonchev–Trinajstić information content (AvgIpc) is 2.84. The van der Waals surface area contributed by atoms with E-state index in [1.807, 2.05) is 11.9 Å². The third-order valence-electron chi connectivity index (χ3n) is 3.92. The minimum Gasteiger partial charge on any atom is -0.319 e. The fraction of sp³-hybridized carbons (Fsp3) is 0.600. The second kappa shape index (κ2) is 6.68. The van der Waals surface area contributed by atoms with E-state index in [4.69, 9.17) is 0 Å². The van der Waals surface area contributed by atoms with Crippen molar-refractivity contribution in [1.29, 1.82) is 0 Å². The van der Waals surface area contributed by atoms with Gasteiger partial charge in [0, 0.05) is 13.1 Å². The highest BCUT2D eigenvalue weighted by molar-refractivity contribution is 5.33. The molecule has 1 aromatic rings. The summed E-state index contributed by atoms with van der Waals surface area (Å²) in [5, 5.41) is 3.03. The Balaban J connectivity index is 2.21. The predicted octanol–water partition coefficient (Wildman–Crippen LogP) is 3.77. The van der Waals surface area contributed by atoms with Gasteiger partial charge < -0.3 is 5.32 Å². The Morgan fingerprint density at radius 3 is 2.09 bits per heavy atom. The van der Waals surface area contributed by atoms with Gasteiger partial charge in [-0.2, -0.15) is 26.3 Å². The van der Waals surface area contributed by atoms with Gasteiger partial charge in [0.2, 0.25) is 0 Å². The molecule has 1 aliphatic rings. The van der Waals surface area contributed by atoms with Crippen LogP contribution in [0.15, 0.2) is 18.2 Å². The molecule has 0 aliphatic carbocycles. The third-order valence-corrected chi connectivity index (χ3v) is 3.92. The number of rotatable bonds is 4. The van der Waals surface area contributed by atoms with Crippen LogP contribution >= 0.6 is 0 Å². The van der Waals surface area contributed by atoms with E-state index in [0.717, 1.165) is 25.1 Å². The lowest BCUT2D eigenvalue weighted by Crippen LogP contribution is -2.24. The number of benzene rings is 1. The van der Waals surface area contributed by atoms with Crippen molar-refractivity contribution in [3.63, 3.8) is 0 Å². The Labute approximate surface area is 130 Å². The number of nitrogens with zero attached hydrogens (tertiary/aromatic N) is 1. The lowest BCUT2D eigenvalue weighted by Gasteiger charge is -2.19. The van der Waals surface area contributed by atoms with E-state index >= 15 is 0 Å². The van der Waals surface area contributed by atoms with Crippen molar-refractivity contribution in [2.45, 2.75) is 25.3 Å². The topological polar surface area (TPSA) is 15.3 Å². The molecule has 130 valence electrons. The first-order valence-corrected chi connectivity index (χ1v) is 7.25. The lowest BCUT2D eigenvalue weighted by atomic mass is 10.0. The quantitative estimate of drug-likeness (QED) is 0.840. The van der Waals surface area contributed by atoms with Crippen LogP contribution in [-0.2, 0) is 18.9 Å². The molecule has 0 aromatic heterocycles. The summed E-state index contributed by atoms with van der Waals surface area (Å²) in [4.78, 5) is 1.89. The molecule has 1 heterocycles. The van der Waals surface area contributed by atoms with E-state index in [1.165, 1.54) is 0 Å². The predicted molar refractivity (Wildman–Crippen MR) is 73.8 cm³/mol. The smallest absolute Gasteiger partial charge is 0.319 e. The van der Waals surface area contributed by atoms with Gasteiger partial charge in [0.25, 0.3) is 0 Å². The number of nitrogens with one attached hydrogen (secondary N) is 1. The zero-order chi connectivity index (χ0) is 17.3. The zero-order valence-corrected chi connectivity index (χ0v) is 12.6. The number of halogens is 6. The van der Waals surface area contributed by atoms with Crippen LogP contribution in [-0.4, -0.2) is 31.6 Å². The summed E-state index contributed by atoms with van der Waals surface area (Å²) in [6.45, 7) is 2.21. The zero-order valence-electron chi connectivity index (χ0n) is 12.6. The van der Waals surface area contributed by atoms with Crippen LogP contribution in [0.1, 0.15) is 23.1 Å². The third kappa shape index (κ3) is 4.84. The first-order valence-electron chi connectivity index (χ1n) is 7.25. The molecule has 1 atom stereocenters. The molecule has 0 bridgehead atoms. The van der Waals surface area contributed by atoms with Crippen LogP contribution in [0, 0.1) is 5.92 Å². The van der Waals surface area contributed by atoms with Gasteiger partial charge >= 0.3 is 12.4 Å². The highest BCUT2D eigenvalue weighted by Crippen LogP contribution is 2.36. The summed E-state index contributed by atoms with van der Waals surface area (Å²) in [5.74, 6) is 0.368. The fourth-order valence-corrected chi connectivity index (χ4v) is 2.88. The number of hydrogen-bond acceptors (Lipinski definition) is 2. The van der Waals surface area contributed by atoms with E-state index in [9.17, 15) is 26.3 Å². The number of alkyl halides is 6. The van der Waals surface area contributed by atoms with Crippen LogP contribution in [0.4, 0.5) is 26.3 Å². The second-order valence-corrected chi connectivity index (χ2v) is 5.86. The van der Waals surface area contributed by atoms with Crippen molar-refractivity contribution in [2.24, 2.45) is 5.92 Å². The van der Waals surface area contributed by atoms with E-state index in [2.05, 4.69) is 5.32 Å². The molecule has 2 rings (SSSR count). The molecular formula is C15H18F6N2. The summed E-state index contributed by atoms with van der Waals surface area (Å²) in [6, 6.07) is 1.78. The van der Waals surface area contributed by atoms with Crippen molar-refractivity contribution >= 4 is 0 Å². The molecule has 8 heteroatoms. The molecule has 0 saturated carbocycles. The number of likely N-dealkylation sites (tertiary alicyclic amines) is 1. The summed E-state index contributed by atoms with van der Waals surface area (Å²) >= 11 is 0. The van der Waals surface area contributed by atoms with Gasteiger partial charge in [-0.25, -0.2) is 0 Å². The minimum absolute atomic E-state index is 0.0391. The Morgan fingerprint density at radius 2 is 1.61 bits per heavy atom. The Morgan fingerprint density at radius 1 is 1.04 bits per heavy atom. The maximum Gasteiger partial charge on any atom is 0.416 e. The molecule has 1 N–H and O–H groups in total. The van der Waals surface area contributed by atoms with Crippen molar-refractivity contribution in [3.05, 3.63) is 34.9 Å². The van der Waals surface area contributed by atoms with Crippen molar-refractivity contribution < 1.29 is 26.3 Å². The normalized spacial score (nSPS) is 20.2. The van der Waals surface area contributed by atoms with Crippen LogP contribution in [0.25, 0.3) is 0 Å². The highest BCUT2D eigenvalue weighted by Gasteiger charge is 2.37. The van der Waals surface area contributed by atoms with Crippen molar-refractivity contribution in [1.82, 2.24) is 10.2 Å². The average molecular weight is 340 g/mol. The highest BCUT2D eigenvalue weighted by atomic mass is 19.4. The SMILES string of the molecule is CNCC1CCN(Cc2cc(C(F)(F)F)cc(C(F)(F)F)c2)C1. The van der Waals surface area contributed by atoms with E-state index in [1.54, 1.807) is 0 Å². The molecule has 1 aliphatic heterocycles. The van der Waals surface area contributed by atoms with Crippen molar-refractivity contribution in [2.75, 3.05) is 26.7 Å². The first kappa shape index (κ1) is 18.1. The molecular weight excluding hydrogens is 322 g/mol.